The van der Waals surface area contributed by atoms with Crippen molar-refractivity contribution in [1.82, 2.24) is 9.61 Å². The molecule has 0 atom stereocenters. The molecule has 0 fully saturated rings. The van der Waals surface area contributed by atoms with Crippen LogP contribution < -0.4 is 0 Å². The molecular formula is C7H6N2O2S. The second-order valence-electron chi connectivity index (χ2n) is 2.46. The first-order chi connectivity index (χ1) is 5.68. The predicted molar refractivity (Wildman–Crippen MR) is 44.8 cm³/mol. The van der Waals surface area contributed by atoms with Gasteiger partial charge in [-0.3, -0.25) is 0 Å². The van der Waals surface area contributed by atoms with Crippen LogP contribution in [0.2, 0.25) is 0 Å². The minimum absolute atomic E-state index is 0.225. The molecule has 0 saturated carbocycles. The number of aromatic carboxylic acids is 1. The minimum atomic E-state index is -0.940. The number of carbonyl (C=O) groups is 1. The first-order valence-electron chi connectivity index (χ1n) is 3.35. The van der Waals surface area contributed by atoms with Gasteiger partial charge in [-0.2, -0.15) is 5.10 Å². The summed E-state index contributed by atoms with van der Waals surface area (Å²) in [5.74, 6) is -0.940. The smallest absolute Gasteiger partial charge is 0.355 e. The maximum absolute atomic E-state index is 10.6. The van der Waals surface area contributed by atoms with E-state index >= 15 is 0 Å². The van der Waals surface area contributed by atoms with Crippen molar-refractivity contribution in [3.8, 4) is 0 Å². The largest absolute Gasteiger partial charge is 0.476 e. The molecule has 0 spiro atoms. The van der Waals surface area contributed by atoms with Gasteiger partial charge in [-0.1, -0.05) is 0 Å². The van der Waals surface area contributed by atoms with Crippen molar-refractivity contribution in [2.75, 3.05) is 0 Å². The Morgan fingerprint density at radius 1 is 1.75 bits per heavy atom. The Labute approximate surface area is 72.1 Å². The van der Waals surface area contributed by atoms with Gasteiger partial charge in [-0.15, -0.1) is 11.3 Å². The van der Waals surface area contributed by atoms with E-state index in [-0.39, 0.29) is 5.69 Å². The van der Waals surface area contributed by atoms with E-state index in [0.717, 1.165) is 10.5 Å². The molecule has 0 aliphatic rings. The van der Waals surface area contributed by atoms with Crippen LogP contribution in [0.1, 0.15) is 16.2 Å². The van der Waals surface area contributed by atoms with Crippen LogP contribution >= 0.6 is 11.3 Å². The lowest BCUT2D eigenvalue weighted by Crippen LogP contribution is -2.01. The first-order valence-corrected chi connectivity index (χ1v) is 4.23. The van der Waals surface area contributed by atoms with E-state index in [1.165, 1.54) is 15.9 Å². The fraction of sp³-hybridized carbons (Fsp3) is 0.143. The molecule has 62 valence electrons. The number of carboxylic acids is 1. The molecule has 0 saturated heterocycles. The van der Waals surface area contributed by atoms with Gasteiger partial charge in [0.05, 0.1) is 5.69 Å². The van der Waals surface area contributed by atoms with Gasteiger partial charge in [0, 0.05) is 5.38 Å². The summed E-state index contributed by atoms with van der Waals surface area (Å²) in [5, 5.41) is 14.4. The average molecular weight is 182 g/mol. The van der Waals surface area contributed by atoms with Gasteiger partial charge >= 0.3 is 5.97 Å². The molecule has 0 amide bonds. The topological polar surface area (TPSA) is 54.6 Å². The van der Waals surface area contributed by atoms with Crippen LogP contribution in [0, 0.1) is 6.92 Å². The molecule has 12 heavy (non-hydrogen) atoms. The number of thiazole rings is 1. The first kappa shape index (κ1) is 7.30. The van der Waals surface area contributed by atoms with Crippen molar-refractivity contribution in [1.29, 1.82) is 0 Å². The van der Waals surface area contributed by atoms with Crippen LogP contribution in [0.3, 0.4) is 0 Å². The lowest BCUT2D eigenvalue weighted by Gasteiger charge is -1.87. The third-order valence-corrected chi connectivity index (χ3v) is 2.41. The second-order valence-corrected chi connectivity index (χ2v) is 3.35. The lowest BCUT2D eigenvalue weighted by atomic mass is 10.5. The van der Waals surface area contributed by atoms with Gasteiger partial charge in [0.25, 0.3) is 0 Å². The number of hydrogen-bond acceptors (Lipinski definition) is 3. The van der Waals surface area contributed by atoms with E-state index < -0.39 is 5.97 Å². The summed E-state index contributed by atoms with van der Waals surface area (Å²) in [7, 11) is 0. The molecule has 0 aliphatic carbocycles. The van der Waals surface area contributed by atoms with Crippen LogP contribution in [-0.2, 0) is 0 Å². The third kappa shape index (κ3) is 0.902. The van der Waals surface area contributed by atoms with E-state index in [2.05, 4.69) is 5.10 Å². The van der Waals surface area contributed by atoms with Crippen LogP contribution in [-0.4, -0.2) is 20.7 Å². The van der Waals surface area contributed by atoms with Crippen LogP contribution in [0.15, 0.2) is 11.4 Å². The standard InChI is InChI=1S/C7H6N2O2S/c1-4-2-6-9(8-4)5(3-12-6)7(10)11/h2-3H,1H3,(H,10,11). The quantitative estimate of drug-likeness (QED) is 0.725. The highest BCUT2D eigenvalue weighted by atomic mass is 32.1. The van der Waals surface area contributed by atoms with Crippen LogP contribution in [0.4, 0.5) is 0 Å². The van der Waals surface area contributed by atoms with Crippen molar-refractivity contribution >= 4 is 22.1 Å². The number of hydrogen-bond donors (Lipinski definition) is 1. The molecule has 1 N–H and O–H groups in total. The number of nitrogens with zero attached hydrogens (tertiary/aromatic N) is 2. The van der Waals surface area contributed by atoms with Crippen molar-refractivity contribution in [2.45, 2.75) is 6.92 Å². The van der Waals surface area contributed by atoms with Crippen molar-refractivity contribution in [2.24, 2.45) is 0 Å². The van der Waals surface area contributed by atoms with Gasteiger partial charge in [-0.05, 0) is 13.0 Å². The van der Waals surface area contributed by atoms with E-state index in [4.69, 9.17) is 5.11 Å². The number of rotatable bonds is 1. The Hall–Kier alpha value is -1.36. The summed E-state index contributed by atoms with van der Waals surface area (Å²) in [5.41, 5.74) is 1.06. The number of aromatic nitrogens is 2. The highest BCUT2D eigenvalue weighted by Crippen LogP contribution is 2.16. The maximum atomic E-state index is 10.6. The number of aryl methyl sites for hydroxylation is 1. The molecule has 0 aromatic carbocycles. The maximum Gasteiger partial charge on any atom is 0.355 e. The fourth-order valence-electron chi connectivity index (χ4n) is 1.04. The SMILES string of the molecule is Cc1cc2scc(C(=O)O)n2n1. The van der Waals surface area contributed by atoms with Gasteiger partial charge in [0.2, 0.25) is 0 Å². The zero-order chi connectivity index (χ0) is 8.72. The summed E-state index contributed by atoms with van der Waals surface area (Å²) in [6.45, 7) is 1.84. The van der Waals surface area contributed by atoms with E-state index in [9.17, 15) is 4.79 Å². The Balaban J connectivity index is 2.76. The molecule has 2 rings (SSSR count). The third-order valence-electron chi connectivity index (χ3n) is 1.54. The van der Waals surface area contributed by atoms with Gasteiger partial charge in [0.1, 0.15) is 4.83 Å². The number of carboxylic acid groups (broad SMARTS) is 1. The lowest BCUT2D eigenvalue weighted by molar-refractivity contribution is 0.0688. The van der Waals surface area contributed by atoms with E-state index in [0.29, 0.717) is 0 Å². The van der Waals surface area contributed by atoms with E-state index in [1.54, 1.807) is 5.38 Å². The second kappa shape index (κ2) is 2.31. The number of fused-ring (bicyclic) bond motifs is 1. The molecule has 4 nitrogen and oxygen atoms in total. The highest BCUT2D eigenvalue weighted by molar-refractivity contribution is 7.15. The minimum Gasteiger partial charge on any atom is -0.476 e. The van der Waals surface area contributed by atoms with Gasteiger partial charge in [-0.25, -0.2) is 9.31 Å². The van der Waals surface area contributed by atoms with E-state index in [1.807, 2.05) is 13.0 Å². The van der Waals surface area contributed by atoms with Gasteiger partial charge in [0.15, 0.2) is 5.69 Å². The highest BCUT2D eigenvalue weighted by Gasteiger charge is 2.11. The summed E-state index contributed by atoms with van der Waals surface area (Å²) >= 11 is 1.38. The normalized spacial score (nSPS) is 10.8. The van der Waals surface area contributed by atoms with Crippen LogP contribution in [0.25, 0.3) is 4.83 Å². The molecule has 2 heterocycles. The Morgan fingerprint density at radius 2 is 2.50 bits per heavy atom. The Morgan fingerprint density at radius 3 is 3.17 bits per heavy atom. The summed E-state index contributed by atoms with van der Waals surface area (Å²) in [6, 6.07) is 1.86. The van der Waals surface area contributed by atoms with Crippen molar-refractivity contribution < 1.29 is 9.90 Å². The molecule has 0 bridgehead atoms. The predicted octanol–water partition coefficient (Wildman–Crippen LogP) is 1.40. The fourth-order valence-corrected chi connectivity index (χ4v) is 1.95. The zero-order valence-electron chi connectivity index (χ0n) is 6.31. The Bertz CT molecular complexity index is 443. The molecule has 2 aromatic heterocycles. The Kier molecular flexibility index (Phi) is 1.41. The molecule has 2 aromatic rings. The summed E-state index contributed by atoms with van der Waals surface area (Å²) < 4.78 is 1.45. The van der Waals surface area contributed by atoms with Crippen molar-refractivity contribution in [3.05, 3.63) is 22.8 Å². The molecule has 5 heteroatoms. The zero-order valence-corrected chi connectivity index (χ0v) is 7.13. The summed E-state index contributed by atoms with van der Waals surface area (Å²) in [6.07, 6.45) is 0. The van der Waals surface area contributed by atoms with Crippen molar-refractivity contribution in [3.63, 3.8) is 0 Å². The molecular weight excluding hydrogens is 176 g/mol. The van der Waals surface area contributed by atoms with Crippen LogP contribution in [0.5, 0.6) is 0 Å². The molecule has 0 unspecified atom stereocenters. The average Bonchev–Trinajstić information content (AvgIpc) is 2.43. The van der Waals surface area contributed by atoms with Gasteiger partial charge < -0.3 is 5.11 Å². The summed E-state index contributed by atoms with van der Waals surface area (Å²) in [4.78, 5) is 11.5. The molecule has 0 radical (unpaired) electrons. The monoisotopic (exact) mass is 182 g/mol. The molecule has 0 aliphatic heterocycles.